The van der Waals surface area contributed by atoms with Crippen molar-refractivity contribution >= 4 is 56.3 Å². The molecule has 1 amide bonds. The molecule has 0 spiro atoms. The molecule has 5 rings (SSSR count). The largest absolute Gasteiger partial charge is 0.285 e. The molecule has 8 heteroatoms. The summed E-state index contributed by atoms with van der Waals surface area (Å²) in [6.07, 6.45) is 3.74. The van der Waals surface area contributed by atoms with Gasteiger partial charge >= 0.3 is 0 Å². The fourth-order valence-electron chi connectivity index (χ4n) is 4.35. The molecule has 1 aliphatic heterocycles. The Morgan fingerprint density at radius 1 is 1.00 bits per heavy atom. The zero-order valence-corrected chi connectivity index (χ0v) is 20.1. The number of non-ortho nitro benzene ring substituents is 1. The molecule has 0 radical (unpaired) electrons. The number of nitrogens with zero attached hydrogens (tertiary/aromatic N) is 4. The average molecular weight is 495 g/mol. The van der Waals surface area contributed by atoms with Crippen LogP contribution in [0.4, 0.5) is 5.69 Å². The van der Waals surface area contributed by atoms with Crippen molar-refractivity contribution in [3.8, 4) is 0 Å². The minimum absolute atomic E-state index is 0.00620. The van der Waals surface area contributed by atoms with Gasteiger partial charge in [-0.3, -0.25) is 19.8 Å². The van der Waals surface area contributed by atoms with Crippen LogP contribution in [0.5, 0.6) is 0 Å². The lowest BCUT2D eigenvalue weighted by atomic mass is 9.97. The molecule has 1 unspecified atom stereocenters. The zero-order chi connectivity index (χ0) is 25.1. The molecule has 178 valence electrons. The van der Waals surface area contributed by atoms with Crippen LogP contribution in [-0.2, 0) is 11.2 Å². The number of benzene rings is 4. The maximum atomic E-state index is 13.1. The second-order valence-corrected chi connectivity index (χ2v) is 9.50. The van der Waals surface area contributed by atoms with Gasteiger partial charge in [0.05, 0.1) is 16.4 Å². The molecule has 0 N–H and O–H groups in total. The molecule has 1 aliphatic rings. The first kappa shape index (κ1) is 23.4. The van der Waals surface area contributed by atoms with Gasteiger partial charge in [0.15, 0.2) is 5.17 Å². The average Bonchev–Trinajstić information content (AvgIpc) is 3.17. The summed E-state index contributed by atoms with van der Waals surface area (Å²) < 4.78 is 0. The van der Waals surface area contributed by atoms with E-state index in [0.717, 1.165) is 32.7 Å². The fraction of sp³-hybridized carbons (Fsp3) is 0.107. The van der Waals surface area contributed by atoms with Gasteiger partial charge in [-0.2, -0.15) is 5.10 Å². The molecule has 4 aromatic rings. The highest BCUT2D eigenvalue weighted by atomic mass is 32.2. The van der Waals surface area contributed by atoms with Crippen molar-refractivity contribution in [1.82, 2.24) is 4.90 Å². The number of hydrogen-bond donors (Lipinski definition) is 0. The molecule has 4 aromatic carbocycles. The molecule has 0 aliphatic carbocycles. The van der Waals surface area contributed by atoms with Gasteiger partial charge in [-0.25, -0.2) is 0 Å². The highest BCUT2D eigenvalue weighted by Gasteiger charge is 2.37. The van der Waals surface area contributed by atoms with Crippen LogP contribution in [0.25, 0.3) is 21.5 Å². The van der Waals surface area contributed by atoms with Crippen molar-refractivity contribution in [1.29, 1.82) is 0 Å². The number of rotatable bonds is 7. The van der Waals surface area contributed by atoms with E-state index in [9.17, 15) is 14.9 Å². The first-order valence-corrected chi connectivity index (χ1v) is 12.3. The summed E-state index contributed by atoms with van der Waals surface area (Å²) in [4.78, 5) is 25.3. The lowest BCUT2D eigenvalue weighted by molar-refractivity contribution is -0.384. The monoisotopic (exact) mass is 494 g/mol. The van der Waals surface area contributed by atoms with Gasteiger partial charge in [-0.05, 0) is 39.6 Å². The van der Waals surface area contributed by atoms with E-state index in [0.29, 0.717) is 18.1 Å². The van der Waals surface area contributed by atoms with Gasteiger partial charge in [-0.1, -0.05) is 78.5 Å². The van der Waals surface area contributed by atoms with Gasteiger partial charge in [0.2, 0.25) is 5.91 Å². The number of nitro benzene ring substituents is 1. The van der Waals surface area contributed by atoms with Crippen LogP contribution >= 0.6 is 11.8 Å². The summed E-state index contributed by atoms with van der Waals surface area (Å²) in [6.45, 7) is 4.07. The second-order valence-electron chi connectivity index (χ2n) is 8.33. The summed E-state index contributed by atoms with van der Waals surface area (Å²) in [5, 5.41) is 24.3. The van der Waals surface area contributed by atoms with Gasteiger partial charge in [0.1, 0.15) is 0 Å². The van der Waals surface area contributed by atoms with Gasteiger partial charge in [0.25, 0.3) is 5.69 Å². The molecule has 1 heterocycles. The molecule has 1 atom stereocenters. The number of thioether (sulfide) groups is 1. The van der Waals surface area contributed by atoms with Crippen LogP contribution in [-0.4, -0.2) is 38.9 Å². The van der Waals surface area contributed by atoms with Crippen molar-refractivity contribution < 1.29 is 9.72 Å². The standard InChI is InChI=1S/C28H22N4O3S/c1-2-14-31-27(33)26(16-19-8-7-11-22(15-19)32(34)35)36-28(31)30-29-18-25-23-12-5-3-9-20(23)17-21-10-4-6-13-24(21)25/h2-13,15,17-18,26H,1,14,16H2. The molecule has 0 aromatic heterocycles. The summed E-state index contributed by atoms with van der Waals surface area (Å²) in [5.74, 6) is -0.115. The van der Waals surface area contributed by atoms with E-state index in [-0.39, 0.29) is 11.6 Å². The normalized spacial score (nSPS) is 17.0. The van der Waals surface area contributed by atoms with E-state index in [1.54, 1.807) is 29.3 Å². The Bertz CT molecular complexity index is 1510. The first-order valence-electron chi connectivity index (χ1n) is 11.4. The van der Waals surface area contributed by atoms with Crippen molar-refractivity contribution in [3.63, 3.8) is 0 Å². The van der Waals surface area contributed by atoms with Crippen LogP contribution < -0.4 is 0 Å². The third kappa shape index (κ3) is 4.63. The molecule has 0 saturated carbocycles. The predicted molar refractivity (Wildman–Crippen MR) is 147 cm³/mol. The molecule has 1 fully saturated rings. The number of amidine groups is 1. The van der Waals surface area contributed by atoms with Crippen molar-refractivity contribution in [2.75, 3.05) is 6.54 Å². The first-order chi connectivity index (χ1) is 17.5. The summed E-state index contributed by atoms with van der Waals surface area (Å²) in [7, 11) is 0. The van der Waals surface area contributed by atoms with Crippen LogP contribution in [0, 0.1) is 10.1 Å². The lowest BCUT2D eigenvalue weighted by Crippen LogP contribution is -2.32. The maximum Gasteiger partial charge on any atom is 0.269 e. The van der Waals surface area contributed by atoms with Gasteiger partial charge < -0.3 is 0 Å². The Morgan fingerprint density at radius 3 is 2.36 bits per heavy atom. The lowest BCUT2D eigenvalue weighted by Gasteiger charge is -2.13. The minimum atomic E-state index is -0.445. The van der Waals surface area contributed by atoms with E-state index in [4.69, 9.17) is 0 Å². The topological polar surface area (TPSA) is 88.2 Å². The quantitative estimate of drug-likeness (QED) is 0.104. The van der Waals surface area contributed by atoms with Crippen LogP contribution in [0.3, 0.4) is 0 Å². The molecular weight excluding hydrogens is 472 g/mol. The van der Waals surface area contributed by atoms with Gasteiger partial charge in [-0.15, -0.1) is 11.7 Å². The highest BCUT2D eigenvalue weighted by molar-refractivity contribution is 8.15. The van der Waals surface area contributed by atoms with E-state index < -0.39 is 10.2 Å². The zero-order valence-electron chi connectivity index (χ0n) is 19.3. The van der Waals surface area contributed by atoms with Crippen LogP contribution in [0.15, 0.2) is 102 Å². The van der Waals surface area contributed by atoms with Crippen molar-refractivity contribution in [2.24, 2.45) is 10.2 Å². The Balaban J connectivity index is 1.46. The predicted octanol–water partition coefficient (Wildman–Crippen LogP) is 5.96. The Hall–Kier alpha value is -4.30. The minimum Gasteiger partial charge on any atom is -0.285 e. The highest BCUT2D eigenvalue weighted by Crippen LogP contribution is 2.31. The number of fused-ring (bicyclic) bond motifs is 2. The second kappa shape index (κ2) is 10.1. The Morgan fingerprint density at radius 2 is 1.69 bits per heavy atom. The number of nitro groups is 1. The number of carbonyl (C=O) groups excluding carboxylic acids is 1. The number of amides is 1. The molecule has 7 nitrogen and oxygen atoms in total. The van der Waals surface area contributed by atoms with Crippen LogP contribution in [0.1, 0.15) is 11.1 Å². The smallest absolute Gasteiger partial charge is 0.269 e. The van der Waals surface area contributed by atoms with Gasteiger partial charge in [0, 0.05) is 24.2 Å². The Kier molecular flexibility index (Phi) is 6.60. The summed E-state index contributed by atoms with van der Waals surface area (Å²) in [5.41, 5.74) is 1.69. The van der Waals surface area contributed by atoms with E-state index in [1.807, 2.05) is 24.3 Å². The van der Waals surface area contributed by atoms with Crippen LogP contribution in [0.2, 0.25) is 0 Å². The van der Waals surface area contributed by atoms with Crippen molar-refractivity contribution in [3.05, 3.63) is 113 Å². The summed E-state index contributed by atoms with van der Waals surface area (Å²) in [6, 6.07) is 24.8. The number of carbonyl (C=O) groups is 1. The Labute approximate surface area is 212 Å². The molecule has 1 saturated heterocycles. The number of hydrogen-bond acceptors (Lipinski definition) is 6. The third-order valence-corrected chi connectivity index (χ3v) is 7.18. The van der Waals surface area contributed by atoms with E-state index >= 15 is 0 Å². The molecule has 36 heavy (non-hydrogen) atoms. The summed E-state index contributed by atoms with van der Waals surface area (Å²) >= 11 is 1.31. The maximum absolute atomic E-state index is 13.1. The fourth-order valence-corrected chi connectivity index (χ4v) is 5.49. The van der Waals surface area contributed by atoms with E-state index in [1.165, 1.54) is 23.9 Å². The SMILES string of the molecule is C=CCN1C(=O)C(Cc2cccc([N+](=O)[O-])c2)SC1=NN=Cc1c2ccccc2cc2ccccc12. The molecule has 0 bridgehead atoms. The van der Waals surface area contributed by atoms with E-state index in [2.05, 4.69) is 47.1 Å². The van der Waals surface area contributed by atoms with Crippen molar-refractivity contribution in [2.45, 2.75) is 11.7 Å². The molecular formula is C28H22N4O3S. The third-order valence-electron chi connectivity index (χ3n) is 6.02.